The lowest BCUT2D eigenvalue weighted by Crippen LogP contribution is -2.31. The smallest absolute Gasteiger partial charge is 0.272 e. The Morgan fingerprint density at radius 3 is 3.21 bits per heavy atom. The zero-order chi connectivity index (χ0) is 13.2. The van der Waals surface area contributed by atoms with Gasteiger partial charge in [0.2, 0.25) is 0 Å². The first kappa shape index (κ1) is 12.2. The summed E-state index contributed by atoms with van der Waals surface area (Å²) in [5.74, 6) is -0.192. The van der Waals surface area contributed by atoms with Gasteiger partial charge in [0.05, 0.1) is 11.7 Å². The SMILES string of the molecule is Nc1cccnc1C(=O)NC1CCCc2sccc21. The Hall–Kier alpha value is -1.88. The molecule has 1 atom stereocenters. The van der Waals surface area contributed by atoms with Crippen molar-refractivity contribution in [3.8, 4) is 0 Å². The molecule has 0 saturated heterocycles. The van der Waals surface area contributed by atoms with Gasteiger partial charge in [-0.15, -0.1) is 11.3 Å². The number of nitrogen functional groups attached to an aromatic ring is 1. The summed E-state index contributed by atoms with van der Waals surface area (Å²) in [6.45, 7) is 0. The molecule has 0 fully saturated rings. The summed E-state index contributed by atoms with van der Waals surface area (Å²) >= 11 is 1.76. The molecule has 0 saturated carbocycles. The number of aryl methyl sites for hydroxylation is 1. The maximum atomic E-state index is 12.2. The number of nitrogens with zero attached hydrogens (tertiary/aromatic N) is 1. The Bertz CT molecular complexity index is 608. The third-order valence-electron chi connectivity index (χ3n) is 3.41. The minimum atomic E-state index is -0.192. The number of pyridine rings is 1. The van der Waals surface area contributed by atoms with Gasteiger partial charge in [-0.2, -0.15) is 0 Å². The number of hydrogen-bond donors (Lipinski definition) is 2. The van der Waals surface area contributed by atoms with Gasteiger partial charge in [0.1, 0.15) is 0 Å². The van der Waals surface area contributed by atoms with Crippen molar-refractivity contribution in [2.75, 3.05) is 5.73 Å². The van der Waals surface area contributed by atoms with Crippen LogP contribution in [0.1, 0.15) is 39.8 Å². The van der Waals surface area contributed by atoms with Gasteiger partial charge >= 0.3 is 0 Å². The second-order valence-corrected chi connectivity index (χ2v) is 5.66. The number of nitrogens with one attached hydrogen (secondary N) is 1. The maximum Gasteiger partial charge on any atom is 0.272 e. The third-order valence-corrected chi connectivity index (χ3v) is 4.41. The summed E-state index contributed by atoms with van der Waals surface area (Å²) in [6.07, 6.45) is 4.78. The summed E-state index contributed by atoms with van der Waals surface area (Å²) in [5, 5.41) is 5.13. The van der Waals surface area contributed by atoms with Crippen molar-refractivity contribution in [3.63, 3.8) is 0 Å². The summed E-state index contributed by atoms with van der Waals surface area (Å²) in [5.41, 5.74) is 7.76. The van der Waals surface area contributed by atoms with E-state index in [0.717, 1.165) is 19.3 Å². The highest BCUT2D eigenvalue weighted by molar-refractivity contribution is 7.10. The molecule has 0 aliphatic heterocycles. The van der Waals surface area contributed by atoms with Crippen molar-refractivity contribution in [3.05, 3.63) is 45.9 Å². The minimum Gasteiger partial charge on any atom is -0.397 e. The fourth-order valence-electron chi connectivity index (χ4n) is 2.47. The van der Waals surface area contributed by atoms with E-state index in [9.17, 15) is 4.79 Å². The van der Waals surface area contributed by atoms with E-state index >= 15 is 0 Å². The number of fused-ring (bicyclic) bond motifs is 1. The number of carbonyl (C=O) groups is 1. The van der Waals surface area contributed by atoms with E-state index in [2.05, 4.69) is 21.7 Å². The van der Waals surface area contributed by atoms with Crippen LogP contribution in [0.25, 0.3) is 0 Å². The van der Waals surface area contributed by atoms with Gasteiger partial charge in [0.25, 0.3) is 5.91 Å². The largest absolute Gasteiger partial charge is 0.397 e. The van der Waals surface area contributed by atoms with E-state index in [0.29, 0.717) is 11.4 Å². The number of aromatic nitrogens is 1. The number of thiophene rings is 1. The molecular formula is C14H15N3OS. The highest BCUT2D eigenvalue weighted by atomic mass is 32.1. The van der Waals surface area contributed by atoms with Crippen molar-refractivity contribution in [1.82, 2.24) is 10.3 Å². The number of carbonyl (C=O) groups excluding carboxylic acids is 1. The molecule has 1 amide bonds. The highest BCUT2D eigenvalue weighted by Crippen LogP contribution is 2.33. The van der Waals surface area contributed by atoms with Crippen LogP contribution in [0.3, 0.4) is 0 Å². The monoisotopic (exact) mass is 273 g/mol. The van der Waals surface area contributed by atoms with E-state index < -0.39 is 0 Å². The average molecular weight is 273 g/mol. The van der Waals surface area contributed by atoms with Crippen LogP contribution in [-0.4, -0.2) is 10.9 Å². The molecule has 0 spiro atoms. The van der Waals surface area contributed by atoms with Gasteiger partial charge in [-0.1, -0.05) is 0 Å². The Labute approximate surface area is 115 Å². The Balaban J connectivity index is 1.80. The lowest BCUT2D eigenvalue weighted by Gasteiger charge is -2.23. The van der Waals surface area contributed by atoms with Gasteiger partial charge in [0, 0.05) is 11.1 Å². The molecule has 0 radical (unpaired) electrons. The molecule has 1 aliphatic carbocycles. The highest BCUT2D eigenvalue weighted by Gasteiger charge is 2.24. The lowest BCUT2D eigenvalue weighted by molar-refractivity contribution is 0.0929. The van der Waals surface area contributed by atoms with Gasteiger partial charge in [-0.05, 0) is 48.4 Å². The van der Waals surface area contributed by atoms with Crippen molar-refractivity contribution in [2.45, 2.75) is 25.3 Å². The third kappa shape index (κ3) is 2.33. The summed E-state index contributed by atoms with van der Waals surface area (Å²) in [4.78, 5) is 17.6. The minimum absolute atomic E-state index is 0.0870. The van der Waals surface area contributed by atoms with Crippen LogP contribution in [0.2, 0.25) is 0 Å². The van der Waals surface area contributed by atoms with Crippen LogP contribution in [0.4, 0.5) is 5.69 Å². The predicted molar refractivity (Wildman–Crippen MR) is 76.1 cm³/mol. The molecule has 1 aliphatic rings. The number of amides is 1. The zero-order valence-corrected chi connectivity index (χ0v) is 11.2. The first-order valence-corrected chi connectivity index (χ1v) is 7.21. The normalized spacial score (nSPS) is 17.8. The lowest BCUT2D eigenvalue weighted by atomic mass is 9.94. The average Bonchev–Trinajstić information content (AvgIpc) is 2.88. The van der Waals surface area contributed by atoms with Crippen LogP contribution < -0.4 is 11.1 Å². The van der Waals surface area contributed by atoms with Crippen molar-refractivity contribution < 1.29 is 4.79 Å². The maximum absolute atomic E-state index is 12.2. The first-order valence-electron chi connectivity index (χ1n) is 6.33. The second-order valence-electron chi connectivity index (χ2n) is 4.66. The molecule has 2 heterocycles. The molecule has 2 aromatic heterocycles. The fourth-order valence-corrected chi connectivity index (χ4v) is 3.46. The molecule has 0 bridgehead atoms. The Morgan fingerprint density at radius 1 is 1.47 bits per heavy atom. The summed E-state index contributed by atoms with van der Waals surface area (Å²) < 4.78 is 0. The number of anilines is 1. The summed E-state index contributed by atoms with van der Waals surface area (Å²) in [6, 6.07) is 5.61. The van der Waals surface area contributed by atoms with E-state index in [4.69, 9.17) is 5.73 Å². The quantitative estimate of drug-likeness (QED) is 0.883. The van der Waals surface area contributed by atoms with E-state index in [1.54, 1.807) is 29.7 Å². The standard InChI is InChI=1S/C14H15N3OS/c15-10-3-2-7-16-13(10)14(18)17-11-4-1-5-12-9(11)6-8-19-12/h2-3,6-8,11H,1,4-5,15H2,(H,17,18). The first-order chi connectivity index (χ1) is 9.25. The Morgan fingerprint density at radius 2 is 2.37 bits per heavy atom. The van der Waals surface area contributed by atoms with Gasteiger partial charge in [-0.25, -0.2) is 4.98 Å². The number of rotatable bonds is 2. The van der Waals surface area contributed by atoms with Crippen LogP contribution in [0.5, 0.6) is 0 Å². The van der Waals surface area contributed by atoms with Gasteiger partial charge in [-0.3, -0.25) is 4.79 Å². The number of hydrogen-bond acceptors (Lipinski definition) is 4. The molecule has 0 aromatic carbocycles. The number of nitrogens with two attached hydrogens (primary N) is 1. The fraction of sp³-hybridized carbons (Fsp3) is 0.286. The van der Waals surface area contributed by atoms with E-state index in [1.807, 2.05) is 0 Å². The molecule has 5 heteroatoms. The molecule has 3 N–H and O–H groups in total. The van der Waals surface area contributed by atoms with E-state index in [1.165, 1.54) is 10.4 Å². The van der Waals surface area contributed by atoms with E-state index in [-0.39, 0.29) is 11.9 Å². The Kier molecular flexibility index (Phi) is 3.21. The second kappa shape index (κ2) is 5.01. The molecule has 1 unspecified atom stereocenters. The van der Waals surface area contributed by atoms with Crippen molar-refractivity contribution in [2.24, 2.45) is 0 Å². The zero-order valence-electron chi connectivity index (χ0n) is 10.4. The van der Waals surface area contributed by atoms with Gasteiger partial charge in [0.15, 0.2) is 5.69 Å². The predicted octanol–water partition coefficient (Wildman–Crippen LogP) is 2.53. The summed E-state index contributed by atoms with van der Waals surface area (Å²) in [7, 11) is 0. The molecule has 98 valence electrons. The molecule has 3 rings (SSSR count). The topological polar surface area (TPSA) is 68.0 Å². The molecule has 19 heavy (non-hydrogen) atoms. The van der Waals surface area contributed by atoms with Crippen molar-refractivity contribution >= 4 is 22.9 Å². The van der Waals surface area contributed by atoms with Crippen LogP contribution in [0.15, 0.2) is 29.8 Å². The van der Waals surface area contributed by atoms with Crippen LogP contribution in [-0.2, 0) is 6.42 Å². The molecular weight excluding hydrogens is 258 g/mol. The molecule has 4 nitrogen and oxygen atoms in total. The van der Waals surface area contributed by atoms with Gasteiger partial charge < -0.3 is 11.1 Å². The van der Waals surface area contributed by atoms with Crippen molar-refractivity contribution in [1.29, 1.82) is 0 Å². The molecule has 2 aromatic rings. The van der Waals surface area contributed by atoms with Crippen LogP contribution >= 0.6 is 11.3 Å². The van der Waals surface area contributed by atoms with Crippen LogP contribution in [0, 0.1) is 0 Å².